The summed E-state index contributed by atoms with van der Waals surface area (Å²) < 4.78 is 20.7. The van der Waals surface area contributed by atoms with Crippen molar-refractivity contribution in [1.82, 2.24) is 9.88 Å². The number of benzene rings is 2. The summed E-state index contributed by atoms with van der Waals surface area (Å²) in [7, 11) is 1.62. The number of aliphatic hydroxyl groups excluding tert-OH is 1. The van der Waals surface area contributed by atoms with Gasteiger partial charge in [0.2, 0.25) is 0 Å². The van der Waals surface area contributed by atoms with Crippen molar-refractivity contribution in [3.8, 4) is 5.75 Å². The van der Waals surface area contributed by atoms with Crippen molar-refractivity contribution in [3.63, 3.8) is 0 Å². The van der Waals surface area contributed by atoms with Crippen LogP contribution in [0.15, 0.2) is 65.7 Å². The molecule has 4 rings (SSSR count). The number of aromatic nitrogens is 1. The molecule has 1 aliphatic rings. The molecule has 1 fully saturated rings. The van der Waals surface area contributed by atoms with E-state index in [4.69, 9.17) is 4.74 Å². The highest BCUT2D eigenvalue weighted by Gasteiger charge is 2.29. The number of hydrogen-bond donors (Lipinski definition) is 1. The van der Waals surface area contributed by atoms with Gasteiger partial charge in [-0.1, -0.05) is 18.2 Å². The minimum Gasteiger partial charge on any atom is -0.497 e. The third-order valence-electron chi connectivity index (χ3n) is 6.74. The Hall–Kier alpha value is -2.15. The van der Waals surface area contributed by atoms with Gasteiger partial charge in [0.25, 0.3) is 0 Å². The van der Waals surface area contributed by atoms with Gasteiger partial charge in [0.15, 0.2) is 0 Å². The van der Waals surface area contributed by atoms with E-state index in [-0.39, 0.29) is 12.5 Å². The van der Waals surface area contributed by atoms with Gasteiger partial charge in [-0.15, -0.1) is 11.8 Å². The van der Waals surface area contributed by atoms with Crippen LogP contribution in [0.5, 0.6) is 5.75 Å². The Labute approximate surface area is 200 Å². The molecule has 33 heavy (non-hydrogen) atoms. The van der Waals surface area contributed by atoms with Gasteiger partial charge in [-0.25, -0.2) is 4.39 Å². The molecule has 0 spiro atoms. The molecular weight excluding hydrogens is 435 g/mol. The van der Waals surface area contributed by atoms with E-state index in [0.717, 1.165) is 49.1 Å². The van der Waals surface area contributed by atoms with Crippen LogP contribution in [0.25, 0.3) is 10.9 Å². The second-order valence-corrected chi connectivity index (χ2v) is 9.95. The number of nitrogens with zero attached hydrogens (tertiary/aromatic N) is 2. The molecule has 1 aliphatic heterocycles. The molecule has 0 radical (unpaired) electrons. The van der Waals surface area contributed by atoms with Gasteiger partial charge in [-0.05, 0) is 79.6 Å². The van der Waals surface area contributed by atoms with Crippen molar-refractivity contribution in [2.45, 2.75) is 30.3 Å². The fraction of sp³-hybridized carbons (Fsp3) is 0.444. The Kier molecular flexibility index (Phi) is 8.59. The van der Waals surface area contributed by atoms with E-state index in [1.165, 1.54) is 4.90 Å². The van der Waals surface area contributed by atoms with Gasteiger partial charge in [0, 0.05) is 41.9 Å². The van der Waals surface area contributed by atoms with Crippen LogP contribution in [-0.4, -0.2) is 54.1 Å². The van der Waals surface area contributed by atoms with E-state index < -0.39 is 6.17 Å². The minimum absolute atomic E-state index is 0.166. The second-order valence-electron chi connectivity index (χ2n) is 8.78. The monoisotopic (exact) mass is 468 g/mol. The summed E-state index contributed by atoms with van der Waals surface area (Å²) in [5.74, 6) is 2.32. The van der Waals surface area contributed by atoms with Crippen molar-refractivity contribution in [2.75, 3.05) is 39.1 Å². The Morgan fingerprint density at radius 2 is 2.03 bits per heavy atom. The predicted molar refractivity (Wildman–Crippen MR) is 134 cm³/mol. The molecule has 2 aromatic carbocycles. The smallest absolute Gasteiger partial charge is 0.126 e. The second kappa shape index (κ2) is 11.8. The van der Waals surface area contributed by atoms with Crippen molar-refractivity contribution in [2.24, 2.45) is 11.8 Å². The molecule has 0 amide bonds. The van der Waals surface area contributed by atoms with Crippen LogP contribution in [0.2, 0.25) is 0 Å². The van der Waals surface area contributed by atoms with E-state index in [9.17, 15) is 5.11 Å². The first-order chi connectivity index (χ1) is 16.2. The van der Waals surface area contributed by atoms with Gasteiger partial charge < -0.3 is 14.7 Å². The number of pyridine rings is 1. The van der Waals surface area contributed by atoms with Gasteiger partial charge in [0.05, 0.1) is 12.6 Å². The van der Waals surface area contributed by atoms with Gasteiger partial charge in [-0.3, -0.25) is 4.98 Å². The number of rotatable bonds is 10. The largest absolute Gasteiger partial charge is 0.497 e. The molecule has 0 aliphatic carbocycles. The fourth-order valence-electron chi connectivity index (χ4n) is 4.82. The number of hydrogen-bond acceptors (Lipinski definition) is 5. The number of likely N-dealkylation sites (tertiary alicyclic amines) is 1. The summed E-state index contributed by atoms with van der Waals surface area (Å²) in [6.45, 7) is 3.09. The SMILES string of the molecule is COc1ccc2nccc(C(F)CC[C@@H]3CCN(CCSc4ccccc4)C[C@@H]3CO)c2c1. The number of aliphatic hydroxyl groups is 1. The summed E-state index contributed by atoms with van der Waals surface area (Å²) in [5, 5.41) is 10.8. The lowest BCUT2D eigenvalue weighted by atomic mass is 9.81. The first-order valence-corrected chi connectivity index (χ1v) is 12.7. The topological polar surface area (TPSA) is 45.6 Å². The summed E-state index contributed by atoms with van der Waals surface area (Å²) in [4.78, 5) is 8.10. The predicted octanol–water partition coefficient (Wildman–Crippen LogP) is 5.76. The van der Waals surface area contributed by atoms with Crippen molar-refractivity contribution in [3.05, 3.63) is 66.4 Å². The number of thioether (sulfide) groups is 1. The average Bonchev–Trinajstić information content (AvgIpc) is 2.87. The summed E-state index contributed by atoms with van der Waals surface area (Å²) in [6, 6.07) is 17.8. The number of alkyl halides is 1. The van der Waals surface area contributed by atoms with Gasteiger partial charge in [-0.2, -0.15) is 0 Å². The summed E-state index contributed by atoms with van der Waals surface area (Å²) in [5.41, 5.74) is 1.46. The molecule has 0 bridgehead atoms. The third kappa shape index (κ3) is 6.25. The van der Waals surface area contributed by atoms with Crippen LogP contribution in [0.1, 0.15) is 31.0 Å². The van der Waals surface area contributed by atoms with Crippen molar-refractivity contribution >= 4 is 22.7 Å². The average molecular weight is 469 g/mol. The lowest BCUT2D eigenvalue weighted by Crippen LogP contribution is -2.43. The highest BCUT2D eigenvalue weighted by atomic mass is 32.2. The Balaban J connectivity index is 1.30. The van der Waals surface area contributed by atoms with Gasteiger partial charge >= 0.3 is 0 Å². The molecule has 1 aromatic heterocycles. The first-order valence-electron chi connectivity index (χ1n) is 11.8. The maximum absolute atomic E-state index is 15.3. The lowest BCUT2D eigenvalue weighted by molar-refractivity contribution is 0.0672. The molecule has 0 saturated carbocycles. The van der Waals surface area contributed by atoms with Crippen LogP contribution >= 0.6 is 11.8 Å². The zero-order valence-corrected chi connectivity index (χ0v) is 20.0. The maximum atomic E-state index is 15.3. The number of fused-ring (bicyclic) bond motifs is 1. The van der Waals surface area contributed by atoms with Crippen molar-refractivity contribution < 1.29 is 14.2 Å². The van der Waals surface area contributed by atoms with Gasteiger partial charge in [0.1, 0.15) is 11.9 Å². The number of piperidine rings is 1. The Morgan fingerprint density at radius 3 is 2.82 bits per heavy atom. The number of halogens is 1. The number of methoxy groups -OCH3 is 1. The lowest BCUT2D eigenvalue weighted by Gasteiger charge is -2.38. The molecule has 3 atom stereocenters. The minimum atomic E-state index is -1.05. The standard InChI is InChI=1S/C27H33FN2O2S/c1-32-22-8-10-27-25(17-22)24(11-13-29-27)26(28)9-7-20-12-14-30(18-21(20)19-31)15-16-33-23-5-3-2-4-6-23/h2-6,8,10-11,13,17,20-21,26,31H,7,9,12,14-16,18-19H2,1H3/t20-,21-,26?/m1/s1. The summed E-state index contributed by atoms with van der Waals surface area (Å²) >= 11 is 1.87. The molecule has 3 aromatic rings. The normalized spacial score (nSPS) is 20.1. The Morgan fingerprint density at radius 1 is 1.18 bits per heavy atom. The van der Waals surface area contributed by atoms with Crippen LogP contribution in [0.3, 0.4) is 0 Å². The molecule has 2 heterocycles. The maximum Gasteiger partial charge on any atom is 0.126 e. The van der Waals surface area contributed by atoms with E-state index in [2.05, 4.69) is 34.1 Å². The molecule has 1 N–H and O–H groups in total. The highest BCUT2D eigenvalue weighted by Crippen LogP contribution is 2.35. The van der Waals surface area contributed by atoms with Crippen LogP contribution in [0, 0.1) is 11.8 Å². The van der Waals surface area contributed by atoms with E-state index in [1.54, 1.807) is 19.4 Å². The fourth-order valence-corrected chi connectivity index (χ4v) is 5.75. The highest BCUT2D eigenvalue weighted by molar-refractivity contribution is 7.99. The molecule has 4 nitrogen and oxygen atoms in total. The molecule has 176 valence electrons. The van der Waals surface area contributed by atoms with Crippen LogP contribution in [-0.2, 0) is 0 Å². The molecular formula is C27H33FN2O2S. The van der Waals surface area contributed by atoms with Crippen molar-refractivity contribution in [1.29, 1.82) is 0 Å². The quantitative estimate of drug-likeness (QED) is 0.384. The van der Waals surface area contributed by atoms with E-state index in [1.807, 2.05) is 36.0 Å². The Bertz CT molecular complexity index is 1020. The molecule has 6 heteroatoms. The zero-order chi connectivity index (χ0) is 23.0. The molecule has 1 unspecified atom stereocenters. The number of ether oxygens (including phenoxy) is 1. The third-order valence-corrected chi connectivity index (χ3v) is 7.73. The van der Waals surface area contributed by atoms with Crippen LogP contribution < -0.4 is 4.74 Å². The van der Waals surface area contributed by atoms with E-state index >= 15 is 4.39 Å². The first kappa shape index (κ1) is 24.0. The van der Waals surface area contributed by atoms with E-state index in [0.29, 0.717) is 23.7 Å². The molecule has 1 saturated heterocycles. The summed E-state index contributed by atoms with van der Waals surface area (Å²) in [6.07, 6.45) is 2.88. The zero-order valence-electron chi connectivity index (χ0n) is 19.2. The van der Waals surface area contributed by atoms with Crippen LogP contribution in [0.4, 0.5) is 4.39 Å².